The van der Waals surface area contributed by atoms with E-state index in [2.05, 4.69) is 45.6 Å². The number of hydrazone groups is 1. The summed E-state index contributed by atoms with van der Waals surface area (Å²) >= 11 is 0. The van der Waals surface area contributed by atoms with Gasteiger partial charge in [0.1, 0.15) is 6.04 Å². The molecule has 2 aliphatic carbocycles. The summed E-state index contributed by atoms with van der Waals surface area (Å²) < 4.78 is 2.15. The van der Waals surface area contributed by atoms with Gasteiger partial charge >= 0.3 is 0 Å². The number of aryl methyl sites for hydroxylation is 1. The zero-order valence-corrected chi connectivity index (χ0v) is 24.0. The zero-order valence-electron chi connectivity index (χ0n) is 24.0. The highest BCUT2D eigenvalue weighted by Crippen LogP contribution is 2.44. The molecule has 3 aromatic rings. The molecule has 2 unspecified atom stereocenters. The van der Waals surface area contributed by atoms with E-state index in [9.17, 15) is 19.2 Å². The molecule has 11 heteroatoms. The summed E-state index contributed by atoms with van der Waals surface area (Å²) in [7, 11) is 2.07. The normalized spacial score (nSPS) is 27.0. The first-order valence-corrected chi connectivity index (χ1v) is 15.2. The summed E-state index contributed by atoms with van der Waals surface area (Å²) in [5.74, 6) is -0.674. The maximum atomic E-state index is 13.2. The van der Waals surface area contributed by atoms with Crippen LogP contribution in [0.1, 0.15) is 70.9 Å². The number of anilines is 1. The number of nitrogens with zero attached hydrogens (tertiary/aromatic N) is 5. The third kappa shape index (κ3) is 4.32. The number of pyridine rings is 1. The highest BCUT2D eigenvalue weighted by atomic mass is 16.2. The molecule has 43 heavy (non-hydrogen) atoms. The summed E-state index contributed by atoms with van der Waals surface area (Å²) in [6.45, 7) is 1.64. The van der Waals surface area contributed by atoms with Gasteiger partial charge in [-0.2, -0.15) is 5.10 Å². The molecule has 2 N–H and O–H groups in total. The molecular weight excluding hydrogens is 546 g/mol. The number of fused-ring (bicyclic) bond motifs is 2. The first-order chi connectivity index (χ1) is 20.9. The lowest BCUT2D eigenvalue weighted by atomic mass is 9.79. The third-order valence-electron chi connectivity index (χ3n) is 9.81. The molecule has 8 rings (SSSR count). The molecule has 0 bridgehead atoms. The SMILES string of the molecule is Cn1ccc2c(C3CN([C@H]4C[C@H](CNc5ccc6c(c5)C(=O)N(C5CCC(=O)NC5=O)C6=O)C4)N=C3C3CC3)nccc21. The largest absolute Gasteiger partial charge is 0.385 e. The van der Waals surface area contributed by atoms with Crippen LogP contribution in [0.4, 0.5) is 5.69 Å². The van der Waals surface area contributed by atoms with Gasteiger partial charge < -0.3 is 9.88 Å². The second kappa shape index (κ2) is 9.75. The summed E-state index contributed by atoms with van der Waals surface area (Å²) in [5, 5.41) is 14.4. The number of hydrogen-bond acceptors (Lipinski definition) is 8. The van der Waals surface area contributed by atoms with E-state index in [1.807, 2.05) is 12.3 Å². The van der Waals surface area contributed by atoms with Crippen LogP contribution in [0.3, 0.4) is 0 Å². The number of hydrogen-bond donors (Lipinski definition) is 2. The summed E-state index contributed by atoms with van der Waals surface area (Å²) in [5.41, 5.74) is 5.00. The Balaban J connectivity index is 0.900. The van der Waals surface area contributed by atoms with Gasteiger partial charge in [0, 0.05) is 49.5 Å². The van der Waals surface area contributed by atoms with E-state index >= 15 is 0 Å². The van der Waals surface area contributed by atoms with Gasteiger partial charge in [0.05, 0.1) is 40.5 Å². The fraction of sp³-hybridized carbons (Fsp3) is 0.438. The number of aromatic nitrogens is 2. The van der Waals surface area contributed by atoms with Crippen molar-refractivity contribution in [2.45, 2.75) is 56.5 Å². The van der Waals surface area contributed by atoms with Crippen LogP contribution < -0.4 is 10.6 Å². The summed E-state index contributed by atoms with van der Waals surface area (Å²) in [6, 6.07) is 8.85. The quantitative estimate of drug-likeness (QED) is 0.412. The fourth-order valence-corrected chi connectivity index (χ4v) is 7.20. The Kier molecular flexibility index (Phi) is 5.92. The van der Waals surface area contributed by atoms with Gasteiger partial charge in [-0.3, -0.25) is 39.4 Å². The minimum atomic E-state index is -0.960. The Labute approximate surface area is 248 Å². The first kappa shape index (κ1) is 26.1. The van der Waals surface area contributed by atoms with Crippen molar-refractivity contribution >= 4 is 45.9 Å². The summed E-state index contributed by atoms with van der Waals surface area (Å²) in [6.07, 6.45) is 8.77. The van der Waals surface area contributed by atoms with E-state index < -0.39 is 23.8 Å². The zero-order chi connectivity index (χ0) is 29.4. The molecule has 4 amide bonds. The molecule has 2 atom stereocenters. The van der Waals surface area contributed by atoms with Crippen molar-refractivity contribution in [3.8, 4) is 0 Å². The van der Waals surface area contributed by atoms with E-state index in [1.54, 1.807) is 12.1 Å². The highest BCUT2D eigenvalue weighted by Gasteiger charge is 2.46. The molecule has 5 aliphatic rings. The Bertz CT molecular complexity index is 1730. The predicted molar refractivity (Wildman–Crippen MR) is 158 cm³/mol. The van der Waals surface area contributed by atoms with Gasteiger partial charge in [0.2, 0.25) is 11.8 Å². The van der Waals surface area contributed by atoms with Crippen LogP contribution in [0.2, 0.25) is 0 Å². The van der Waals surface area contributed by atoms with E-state index in [1.165, 1.54) is 29.5 Å². The van der Waals surface area contributed by atoms with Gasteiger partial charge in [-0.05, 0) is 74.3 Å². The number of carbonyl (C=O) groups is 4. The lowest BCUT2D eigenvalue weighted by Crippen LogP contribution is -2.54. The van der Waals surface area contributed by atoms with Gasteiger partial charge in [-0.25, -0.2) is 0 Å². The van der Waals surface area contributed by atoms with Crippen molar-refractivity contribution in [1.29, 1.82) is 0 Å². The van der Waals surface area contributed by atoms with Crippen molar-refractivity contribution < 1.29 is 19.2 Å². The Morgan fingerprint density at radius 3 is 2.60 bits per heavy atom. The van der Waals surface area contributed by atoms with Crippen LogP contribution in [0.25, 0.3) is 10.9 Å². The van der Waals surface area contributed by atoms with Crippen LogP contribution in [0.15, 0.2) is 47.8 Å². The van der Waals surface area contributed by atoms with Crippen LogP contribution >= 0.6 is 0 Å². The van der Waals surface area contributed by atoms with Gasteiger partial charge in [0.15, 0.2) is 0 Å². The minimum Gasteiger partial charge on any atom is -0.385 e. The second-order valence-corrected chi connectivity index (χ2v) is 12.6. The fourth-order valence-electron chi connectivity index (χ4n) is 7.20. The molecule has 3 aliphatic heterocycles. The average Bonchev–Trinajstić information content (AvgIpc) is 3.55. The number of amides is 4. The van der Waals surface area contributed by atoms with Crippen LogP contribution in [-0.4, -0.2) is 74.0 Å². The van der Waals surface area contributed by atoms with Crippen molar-refractivity contribution in [2.75, 3.05) is 18.4 Å². The number of imide groups is 2. The molecule has 11 nitrogen and oxygen atoms in total. The molecule has 2 saturated carbocycles. The molecular formula is C32H33N7O4. The van der Waals surface area contributed by atoms with Gasteiger partial charge in [-0.15, -0.1) is 0 Å². The lowest BCUT2D eigenvalue weighted by molar-refractivity contribution is -0.136. The topological polar surface area (TPSA) is 129 Å². The van der Waals surface area contributed by atoms with E-state index in [-0.39, 0.29) is 30.2 Å². The number of rotatable bonds is 7. The van der Waals surface area contributed by atoms with Crippen molar-refractivity contribution in [1.82, 2.24) is 24.8 Å². The van der Waals surface area contributed by atoms with Gasteiger partial charge in [0.25, 0.3) is 11.8 Å². The molecule has 5 heterocycles. The van der Waals surface area contributed by atoms with E-state index in [0.29, 0.717) is 23.4 Å². The first-order valence-electron chi connectivity index (χ1n) is 15.2. The minimum absolute atomic E-state index is 0.102. The number of nitrogens with one attached hydrogen (secondary N) is 2. The van der Waals surface area contributed by atoms with E-state index in [0.717, 1.165) is 42.2 Å². The predicted octanol–water partition coefficient (Wildman–Crippen LogP) is 3.03. The Morgan fingerprint density at radius 1 is 1.00 bits per heavy atom. The Morgan fingerprint density at radius 2 is 1.81 bits per heavy atom. The molecule has 1 aromatic carbocycles. The third-order valence-corrected chi connectivity index (χ3v) is 9.81. The van der Waals surface area contributed by atoms with Crippen molar-refractivity contribution in [2.24, 2.45) is 24.0 Å². The molecule has 0 spiro atoms. The number of piperidine rings is 1. The molecule has 220 valence electrons. The lowest BCUT2D eigenvalue weighted by Gasteiger charge is -2.40. The van der Waals surface area contributed by atoms with E-state index in [4.69, 9.17) is 10.1 Å². The van der Waals surface area contributed by atoms with Crippen molar-refractivity contribution in [3.05, 3.63) is 59.5 Å². The number of benzene rings is 1. The molecule has 3 fully saturated rings. The van der Waals surface area contributed by atoms with Crippen LogP contribution in [0.5, 0.6) is 0 Å². The van der Waals surface area contributed by atoms with Crippen LogP contribution in [0, 0.1) is 11.8 Å². The monoisotopic (exact) mass is 579 g/mol. The summed E-state index contributed by atoms with van der Waals surface area (Å²) in [4.78, 5) is 55.8. The second-order valence-electron chi connectivity index (χ2n) is 12.6. The number of carbonyl (C=O) groups excluding carboxylic acids is 4. The van der Waals surface area contributed by atoms with Crippen molar-refractivity contribution in [3.63, 3.8) is 0 Å². The maximum Gasteiger partial charge on any atom is 0.262 e. The van der Waals surface area contributed by atoms with Crippen LogP contribution in [-0.2, 0) is 16.6 Å². The molecule has 1 saturated heterocycles. The van der Waals surface area contributed by atoms with Gasteiger partial charge in [-0.1, -0.05) is 0 Å². The smallest absolute Gasteiger partial charge is 0.262 e. The molecule has 0 radical (unpaired) electrons. The average molecular weight is 580 g/mol. The maximum absolute atomic E-state index is 13.2. The standard InChI is InChI=1S/C32H33N7O4/c1-37-11-9-22-25(37)8-10-33-29(22)24-16-38(36-28(24)18-2-3-18)20-12-17(13-20)15-34-19-4-5-21-23(14-19)32(43)39(31(21)42)26-6-7-27(40)35-30(26)41/h4-5,8-11,14,17-18,20,24,26,34H,2-3,6-7,12-13,15-16H2,1H3,(H,35,40,41)/t17-,20-,24?,26?. The Hall–Kier alpha value is -4.54. The highest BCUT2D eigenvalue weighted by molar-refractivity contribution is 6.23. The molecule has 2 aromatic heterocycles.